The van der Waals surface area contributed by atoms with Gasteiger partial charge in [0.1, 0.15) is 18.0 Å². The zero-order valence-electron chi connectivity index (χ0n) is 9.16. The van der Waals surface area contributed by atoms with Crippen LogP contribution < -0.4 is 10.6 Å². The summed E-state index contributed by atoms with van der Waals surface area (Å²) in [6.45, 7) is 3.97. The highest BCUT2D eigenvalue weighted by Gasteiger charge is 2.20. The van der Waals surface area contributed by atoms with Crippen LogP contribution in [0.5, 0.6) is 0 Å². The first kappa shape index (κ1) is 10.2. The van der Waals surface area contributed by atoms with Crippen molar-refractivity contribution in [3.63, 3.8) is 0 Å². The molecule has 0 aliphatic heterocycles. The van der Waals surface area contributed by atoms with E-state index >= 15 is 0 Å². The number of nitrogens with zero attached hydrogens (tertiary/aromatic N) is 2. The Hall–Kier alpha value is -1.32. The van der Waals surface area contributed by atoms with Gasteiger partial charge < -0.3 is 10.6 Å². The van der Waals surface area contributed by atoms with Crippen LogP contribution in [0.4, 0.5) is 11.6 Å². The highest BCUT2D eigenvalue weighted by atomic mass is 15.1. The van der Waals surface area contributed by atoms with Gasteiger partial charge in [-0.05, 0) is 19.3 Å². The molecular weight excluding hydrogens is 188 g/mol. The van der Waals surface area contributed by atoms with Gasteiger partial charge in [-0.3, -0.25) is 0 Å². The van der Waals surface area contributed by atoms with Crippen LogP contribution in [0.3, 0.4) is 0 Å². The van der Waals surface area contributed by atoms with Crippen LogP contribution in [-0.4, -0.2) is 23.1 Å². The van der Waals surface area contributed by atoms with E-state index in [4.69, 9.17) is 0 Å². The van der Waals surface area contributed by atoms with Gasteiger partial charge >= 0.3 is 0 Å². The Balaban J connectivity index is 1.80. The largest absolute Gasteiger partial charge is 0.370 e. The Kier molecular flexibility index (Phi) is 3.37. The van der Waals surface area contributed by atoms with Gasteiger partial charge in [0.15, 0.2) is 0 Å². The molecular formula is C11H18N4. The summed E-state index contributed by atoms with van der Waals surface area (Å²) in [6.07, 6.45) is 5.68. The molecule has 0 unspecified atom stereocenters. The van der Waals surface area contributed by atoms with Crippen molar-refractivity contribution in [3.05, 3.63) is 12.4 Å². The molecule has 0 spiro atoms. The van der Waals surface area contributed by atoms with E-state index in [0.29, 0.717) is 0 Å². The summed E-state index contributed by atoms with van der Waals surface area (Å²) in [5.41, 5.74) is 0. The topological polar surface area (TPSA) is 49.8 Å². The maximum atomic E-state index is 4.18. The highest BCUT2D eigenvalue weighted by molar-refractivity contribution is 5.46. The maximum Gasteiger partial charge on any atom is 0.131 e. The van der Waals surface area contributed by atoms with E-state index < -0.39 is 0 Å². The zero-order valence-corrected chi connectivity index (χ0v) is 9.16. The summed E-state index contributed by atoms with van der Waals surface area (Å²) in [6, 6.07) is 1.95. The smallest absolute Gasteiger partial charge is 0.131 e. The Labute approximate surface area is 90.5 Å². The van der Waals surface area contributed by atoms with Crippen LogP contribution in [0.15, 0.2) is 12.4 Å². The van der Waals surface area contributed by atoms with Crippen LogP contribution in [-0.2, 0) is 0 Å². The average molecular weight is 206 g/mol. The molecule has 1 saturated carbocycles. The molecule has 1 aromatic rings. The Morgan fingerprint density at radius 1 is 1.27 bits per heavy atom. The van der Waals surface area contributed by atoms with Crippen molar-refractivity contribution < 1.29 is 0 Å². The second kappa shape index (κ2) is 4.96. The molecule has 1 aliphatic rings. The van der Waals surface area contributed by atoms with Crippen LogP contribution in [0, 0.1) is 5.92 Å². The molecule has 2 N–H and O–H groups in total. The Morgan fingerprint density at radius 2 is 2.00 bits per heavy atom. The predicted molar refractivity (Wildman–Crippen MR) is 62.0 cm³/mol. The predicted octanol–water partition coefficient (Wildman–Crippen LogP) is 2.12. The molecule has 1 heterocycles. The quantitative estimate of drug-likeness (QED) is 0.748. The lowest BCUT2D eigenvalue weighted by Crippen LogP contribution is -2.06. The van der Waals surface area contributed by atoms with E-state index in [1.165, 1.54) is 19.3 Å². The number of aromatic nitrogens is 2. The zero-order chi connectivity index (χ0) is 10.5. The number of rotatable bonds is 6. The Bertz CT molecular complexity index is 309. The van der Waals surface area contributed by atoms with E-state index in [2.05, 4.69) is 27.5 Å². The van der Waals surface area contributed by atoms with Crippen LogP contribution in [0.25, 0.3) is 0 Å². The molecule has 1 aliphatic carbocycles. The lowest BCUT2D eigenvalue weighted by molar-refractivity contribution is 0.758. The first-order valence-corrected chi connectivity index (χ1v) is 5.68. The van der Waals surface area contributed by atoms with Gasteiger partial charge in [-0.25, -0.2) is 9.97 Å². The molecule has 15 heavy (non-hydrogen) atoms. The van der Waals surface area contributed by atoms with E-state index in [-0.39, 0.29) is 0 Å². The number of hydrogen-bond acceptors (Lipinski definition) is 4. The summed E-state index contributed by atoms with van der Waals surface area (Å²) >= 11 is 0. The van der Waals surface area contributed by atoms with Crippen molar-refractivity contribution in [2.75, 3.05) is 23.7 Å². The van der Waals surface area contributed by atoms with E-state index in [1.807, 2.05) is 6.07 Å². The van der Waals surface area contributed by atoms with Crippen LogP contribution in [0.1, 0.15) is 26.2 Å². The molecule has 1 fully saturated rings. The third-order valence-electron chi connectivity index (χ3n) is 2.58. The summed E-state index contributed by atoms with van der Waals surface area (Å²) in [5.74, 6) is 2.77. The summed E-state index contributed by atoms with van der Waals surface area (Å²) in [4.78, 5) is 8.30. The third-order valence-corrected chi connectivity index (χ3v) is 2.58. The fourth-order valence-corrected chi connectivity index (χ4v) is 1.54. The summed E-state index contributed by atoms with van der Waals surface area (Å²) < 4.78 is 0. The SMILES string of the molecule is CCNc1cc(NCCC2CC2)ncn1. The minimum absolute atomic E-state index is 0.887. The second-order valence-electron chi connectivity index (χ2n) is 3.98. The fourth-order valence-electron chi connectivity index (χ4n) is 1.54. The maximum absolute atomic E-state index is 4.18. The van der Waals surface area contributed by atoms with Crippen LogP contribution >= 0.6 is 0 Å². The number of nitrogens with one attached hydrogen (secondary N) is 2. The van der Waals surface area contributed by atoms with Gasteiger partial charge in [0.05, 0.1) is 0 Å². The molecule has 0 aromatic carbocycles. The summed E-state index contributed by atoms with van der Waals surface area (Å²) in [5, 5.41) is 6.49. The van der Waals surface area contributed by atoms with Crippen molar-refractivity contribution in [3.8, 4) is 0 Å². The van der Waals surface area contributed by atoms with Crippen LogP contribution in [0.2, 0.25) is 0 Å². The van der Waals surface area contributed by atoms with Gasteiger partial charge in [0, 0.05) is 19.2 Å². The normalized spacial score (nSPS) is 15.0. The molecule has 0 saturated heterocycles. The molecule has 82 valence electrons. The molecule has 0 amide bonds. The van der Waals surface area contributed by atoms with E-state index in [9.17, 15) is 0 Å². The van der Waals surface area contributed by atoms with E-state index in [0.717, 1.165) is 30.6 Å². The lowest BCUT2D eigenvalue weighted by Gasteiger charge is -2.06. The van der Waals surface area contributed by atoms with Gasteiger partial charge in [-0.1, -0.05) is 12.8 Å². The Morgan fingerprint density at radius 3 is 2.67 bits per heavy atom. The van der Waals surface area contributed by atoms with Crippen molar-refractivity contribution in [1.82, 2.24) is 9.97 Å². The van der Waals surface area contributed by atoms with Gasteiger partial charge in [0.2, 0.25) is 0 Å². The molecule has 0 atom stereocenters. The van der Waals surface area contributed by atoms with Gasteiger partial charge in [0.25, 0.3) is 0 Å². The molecule has 2 rings (SSSR count). The average Bonchev–Trinajstić information content (AvgIpc) is 3.03. The second-order valence-corrected chi connectivity index (χ2v) is 3.98. The van der Waals surface area contributed by atoms with Crippen molar-refractivity contribution >= 4 is 11.6 Å². The number of hydrogen-bond donors (Lipinski definition) is 2. The highest BCUT2D eigenvalue weighted by Crippen LogP contribution is 2.32. The number of anilines is 2. The molecule has 1 aromatic heterocycles. The molecule has 4 heteroatoms. The summed E-state index contributed by atoms with van der Waals surface area (Å²) in [7, 11) is 0. The minimum atomic E-state index is 0.887. The monoisotopic (exact) mass is 206 g/mol. The van der Waals surface area contributed by atoms with Crippen molar-refractivity contribution in [2.45, 2.75) is 26.2 Å². The first-order valence-electron chi connectivity index (χ1n) is 5.68. The lowest BCUT2D eigenvalue weighted by atomic mass is 10.3. The van der Waals surface area contributed by atoms with Crippen molar-refractivity contribution in [2.24, 2.45) is 5.92 Å². The van der Waals surface area contributed by atoms with Gasteiger partial charge in [-0.15, -0.1) is 0 Å². The third kappa shape index (κ3) is 3.38. The minimum Gasteiger partial charge on any atom is -0.370 e. The molecule has 4 nitrogen and oxygen atoms in total. The standard InChI is InChI=1S/C11H18N4/c1-2-12-10-7-11(15-8-14-10)13-6-5-9-3-4-9/h7-9H,2-6H2,1H3,(H2,12,13,14,15). The molecule has 0 bridgehead atoms. The molecule has 0 radical (unpaired) electrons. The van der Waals surface area contributed by atoms with E-state index in [1.54, 1.807) is 6.33 Å². The fraction of sp³-hybridized carbons (Fsp3) is 0.636. The first-order chi connectivity index (χ1) is 7.38. The van der Waals surface area contributed by atoms with Gasteiger partial charge in [-0.2, -0.15) is 0 Å². The van der Waals surface area contributed by atoms with Crippen molar-refractivity contribution in [1.29, 1.82) is 0 Å².